The number of rotatable bonds is 10. The van der Waals surface area contributed by atoms with Gasteiger partial charge in [-0.3, -0.25) is 9.63 Å². The summed E-state index contributed by atoms with van der Waals surface area (Å²) in [6, 6.07) is 7.11. The number of carbonyl (C=O) groups excluding carboxylic acids is 1. The maximum absolute atomic E-state index is 15.8. The first-order valence-electron chi connectivity index (χ1n) is 11.4. The molecule has 2 aromatic carbocycles. The number of aromatic nitrogens is 2. The third-order valence-corrected chi connectivity index (χ3v) is 6.22. The number of aryl methyl sites for hydroxylation is 1. The summed E-state index contributed by atoms with van der Waals surface area (Å²) < 4.78 is 17.7. The van der Waals surface area contributed by atoms with Crippen LogP contribution in [0.1, 0.15) is 43.0 Å². The standard InChI is InChI=1S/C24H28BClFN4O2/c1-4-5-10-31-14-28-23-20(31)12-17(24(32)30(3)33-13-15-6-7-15)22(21(23)27)29-19-9-8-16(25-2)11-18(19)26/h8-9,11-12,14-15,29H,4-7,10,13H2,1-3H3. The number of imidazole rings is 1. The van der Waals surface area contributed by atoms with Crippen LogP contribution in [0.15, 0.2) is 30.6 Å². The molecule has 1 radical (unpaired) electrons. The van der Waals surface area contributed by atoms with Crippen LogP contribution in [0.2, 0.25) is 11.8 Å². The van der Waals surface area contributed by atoms with Crippen molar-refractivity contribution in [3.05, 3.63) is 47.0 Å². The number of unbranched alkanes of at least 4 members (excludes halogenated alkanes) is 1. The van der Waals surface area contributed by atoms with E-state index in [4.69, 9.17) is 16.4 Å². The van der Waals surface area contributed by atoms with E-state index in [0.717, 1.165) is 31.1 Å². The van der Waals surface area contributed by atoms with Gasteiger partial charge in [-0.25, -0.2) is 14.4 Å². The summed E-state index contributed by atoms with van der Waals surface area (Å²) in [4.78, 5) is 23.3. The Balaban J connectivity index is 1.76. The SMILES string of the molecule is C[B]c1ccc(Nc2c(C(=O)N(C)OCC3CC3)cc3c(ncn3CCCC)c2F)c(Cl)c1. The van der Waals surface area contributed by atoms with Gasteiger partial charge in [0.05, 0.1) is 40.4 Å². The normalized spacial score (nSPS) is 13.4. The van der Waals surface area contributed by atoms with E-state index in [2.05, 4.69) is 17.2 Å². The zero-order valence-corrected chi connectivity index (χ0v) is 20.0. The van der Waals surface area contributed by atoms with Crippen LogP contribution >= 0.6 is 11.6 Å². The molecule has 6 nitrogen and oxygen atoms in total. The molecule has 1 N–H and O–H groups in total. The van der Waals surface area contributed by atoms with Crippen LogP contribution in [0.3, 0.4) is 0 Å². The van der Waals surface area contributed by atoms with Crippen molar-refractivity contribution >= 4 is 52.7 Å². The van der Waals surface area contributed by atoms with Gasteiger partial charge in [0.1, 0.15) is 12.8 Å². The van der Waals surface area contributed by atoms with Crippen LogP contribution in [0.5, 0.6) is 0 Å². The number of halogens is 2. The van der Waals surface area contributed by atoms with Crippen LogP contribution in [-0.4, -0.2) is 41.5 Å². The Kier molecular flexibility index (Phi) is 7.24. The maximum atomic E-state index is 15.8. The molecule has 3 aromatic rings. The number of carbonyl (C=O) groups is 1. The lowest BCUT2D eigenvalue weighted by molar-refractivity contribution is -0.109. The number of hydrogen-bond acceptors (Lipinski definition) is 4. The van der Waals surface area contributed by atoms with Crippen molar-refractivity contribution in [2.24, 2.45) is 5.92 Å². The number of amides is 1. The lowest BCUT2D eigenvalue weighted by Crippen LogP contribution is -2.29. The van der Waals surface area contributed by atoms with Gasteiger partial charge in [-0.1, -0.05) is 43.3 Å². The number of hydroxylamine groups is 2. The second-order valence-corrected chi connectivity index (χ2v) is 8.87. The van der Waals surface area contributed by atoms with Crippen molar-refractivity contribution in [3.8, 4) is 0 Å². The van der Waals surface area contributed by atoms with E-state index in [9.17, 15) is 4.79 Å². The van der Waals surface area contributed by atoms with Gasteiger partial charge < -0.3 is 9.88 Å². The minimum Gasteiger partial charge on any atom is -0.351 e. The molecule has 1 aromatic heterocycles. The topological polar surface area (TPSA) is 59.4 Å². The van der Waals surface area contributed by atoms with Crippen LogP contribution in [-0.2, 0) is 11.4 Å². The lowest BCUT2D eigenvalue weighted by atomic mass is 9.73. The highest BCUT2D eigenvalue weighted by Gasteiger charge is 2.27. The molecule has 173 valence electrons. The quantitative estimate of drug-likeness (QED) is 0.329. The summed E-state index contributed by atoms with van der Waals surface area (Å²) in [6.45, 7) is 5.18. The molecule has 1 heterocycles. The van der Waals surface area contributed by atoms with Gasteiger partial charge in [-0.2, -0.15) is 0 Å². The lowest BCUT2D eigenvalue weighted by Gasteiger charge is -2.20. The molecule has 1 aliphatic carbocycles. The van der Waals surface area contributed by atoms with E-state index in [1.165, 1.54) is 5.06 Å². The van der Waals surface area contributed by atoms with Crippen molar-refractivity contribution in [1.82, 2.24) is 14.6 Å². The molecule has 0 bridgehead atoms. The molecule has 33 heavy (non-hydrogen) atoms. The van der Waals surface area contributed by atoms with Crippen LogP contribution < -0.4 is 10.8 Å². The minimum atomic E-state index is -0.594. The molecule has 0 aliphatic heterocycles. The molecule has 1 fully saturated rings. The van der Waals surface area contributed by atoms with E-state index < -0.39 is 11.7 Å². The monoisotopic (exact) mass is 469 g/mol. The Bertz CT molecular complexity index is 1170. The molecule has 1 aliphatic rings. The Morgan fingerprint density at radius 2 is 2.18 bits per heavy atom. The van der Waals surface area contributed by atoms with Crippen LogP contribution in [0.4, 0.5) is 15.8 Å². The van der Waals surface area contributed by atoms with Crippen molar-refractivity contribution < 1.29 is 14.0 Å². The van der Waals surface area contributed by atoms with Gasteiger partial charge in [-0.15, -0.1) is 0 Å². The molecule has 4 rings (SSSR count). The molecule has 0 saturated heterocycles. The minimum absolute atomic E-state index is 0.0326. The molecule has 0 spiro atoms. The Morgan fingerprint density at radius 1 is 1.39 bits per heavy atom. The van der Waals surface area contributed by atoms with Gasteiger partial charge in [0, 0.05) is 13.6 Å². The average Bonchev–Trinajstić information content (AvgIpc) is 3.56. The second kappa shape index (κ2) is 10.1. The maximum Gasteiger partial charge on any atom is 0.279 e. The Hall–Kier alpha value is -2.58. The first-order valence-corrected chi connectivity index (χ1v) is 11.7. The molecule has 1 amide bonds. The van der Waals surface area contributed by atoms with Gasteiger partial charge in [0.25, 0.3) is 5.91 Å². The molecule has 9 heteroatoms. The summed E-state index contributed by atoms with van der Waals surface area (Å²) in [6.07, 6.45) is 5.76. The van der Waals surface area contributed by atoms with Gasteiger partial charge in [0.2, 0.25) is 0 Å². The van der Waals surface area contributed by atoms with Crippen molar-refractivity contribution in [2.75, 3.05) is 19.0 Å². The molecular formula is C24H28BClFN4O2. The van der Waals surface area contributed by atoms with E-state index in [1.54, 1.807) is 31.6 Å². The highest BCUT2D eigenvalue weighted by Crippen LogP contribution is 2.34. The number of nitrogens with one attached hydrogen (secondary N) is 1. The summed E-state index contributed by atoms with van der Waals surface area (Å²) >= 11 is 6.43. The molecule has 0 unspecified atom stereocenters. The van der Waals surface area contributed by atoms with Crippen molar-refractivity contribution in [3.63, 3.8) is 0 Å². The summed E-state index contributed by atoms with van der Waals surface area (Å²) in [5.41, 5.74) is 2.43. The van der Waals surface area contributed by atoms with E-state index >= 15 is 4.39 Å². The number of nitrogens with zero attached hydrogens (tertiary/aromatic N) is 3. The third kappa shape index (κ3) is 5.17. The largest absolute Gasteiger partial charge is 0.351 e. The van der Waals surface area contributed by atoms with E-state index in [-0.39, 0.29) is 16.8 Å². The molecule has 1 saturated carbocycles. The van der Waals surface area contributed by atoms with E-state index in [1.807, 2.05) is 24.7 Å². The summed E-state index contributed by atoms with van der Waals surface area (Å²) in [5, 5.41) is 4.66. The fourth-order valence-corrected chi connectivity index (χ4v) is 3.87. The number of benzene rings is 2. The zero-order valence-electron chi connectivity index (χ0n) is 19.2. The van der Waals surface area contributed by atoms with Gasteiger partial charge in [0.15, 0.2) is 5.82 Å². The number of hydrogen-bond donors (Lipinski definition) is 1. The van der Waals surface area contributed by atoms with Crippen molar-refractivity contribution in [2.45, 2.75) is 46.0 Å². The molecule has 0 atom stereocenters. The number of anilines is 2. The first-order chi connectivity index (χ1) is 15.9. The predicted molar refractivity (Wildman–Crippen MR) is 131 cm³/mol. The van der Waals surface area contributed by atoms with Crippen molar-refractivity contribution in [1.29, 1.82) is 0 Å². The predicted octanol–water partition coefficient (Wildman–Crippen LogP) is 5.16. The summed E-state index contributed by atoms with van der Waals surface area (Å²) in [7, 11) is 3.48. The highest BCUT2D eigenvalue weighted by atomic mass is 35.5. The van der Waals surface area contributed by atoms with Gasteiger partial charge >= 0.3 is 0 Å². The smallest absolute Gasteiger partial charge is 0.279 e. The second-order valence-electron chi connectivity index (χ2n) is 8.47. The third-order valence-electron chi connectivity index (χ3n) is 5.91. The van der Waals surface area contributed by atoms with Crippen LogP contribution in [0.25, 0.3) is 11.0 Å². The van der Waals surface area contributed by atoms with Crippen LogP contribution in [0, 0.1) is 11.7 Å². The highest BCUT2D eigenvalue weighted by molar-refractivity contribution is 6.52. The molecular weight excluding hydrogens is 442 g/mol. The Morgan fingerprint density at radius 3 is 2.85 bits per heavy atom. The van der Waals surface area contributed by atoms with E-state index in [0.29, 0.717) is 35.3 Å². The fourth-order valence-electron chi connectivity index (χ4n) is 3.63. The first kappa shape index (κ1) is 23.6. The fraction of sp³-hybridized carbons (Fsp3) is 0.417. The summed E-state index contributed by atoms with van der Waals surface area (Å²) in [5.74, 6) is -0.541. The zero-order chi connectivity index (χ0) is 23.5. The average molecular weight is 470 g/mol. The van der Waals surface area contributed by atoms with Gasteiger partial charge in [-0.05, 0) is 43.4 Å². The Labute approximate surface area is 199 Å². The number of fused-ring (bicyclic) bond motifs is 1.